The van der Waals surface area contributed by atoms with Gasteiger partial charge in [0.1, 0.15) is 5.69 Å². The number of carbonyl (C=O) groups excluding carboxylic acids is 1. The van der Waals surface area contributed by atoms with E-state index in [1.54, 1.807) is 17.6 Å². The van der Waals surface area contributed by atoms with Crippen LogP contribution in [0.2, 0.25) is 0 Å². The highest BCUT2D eigenvalue weighted by Crippen LogP contribution is 2.33. The summed E-state index contributed by atoms with van der Waals surface area (Å²) in [5.41, 5.74) is 0.647. The summed E-state index contributed by atoms with van der Waals surface area (Å²) in [6, 6.07) is 3.65. The molecular weight excluding hydrogens is 342 g/mol. The molecule has 0 unspecified atom stereocenters. The summed E-state index contributed by atoms with van der Waals surface area (Å²) in [7, 11) is -1.09. The third-order valence-corrected chi connectivity index (χ3v) is 7.06. The highest BCUT2D eigenvalue weighted by Gasteiger charge is 2.43. The fourth-order valence-corrected chi connectivity index (χ4v) is 4.52. The molecule has 140 valence electrons. The van der Waals surface area contributed by atoms with Crippen molar-refractivity contribution in [3.05, 3.63) is 24.0 Å². The van der Waals surface area contributed by atoms with Crippen molar-refractivity contribution < 1.29 is 17.9 Å². The fraction of sp³-hybridized carbons (Fsp3) is 0.706. The molecule has 0 bridgehead atoms. The van der Waals surface area contributed by atoms with Crippen molar-refractivity contribution in [2.45, 2.75) is 13.0 Å². The molecule has 1 N–H and O–H groups in total. The van der Waals surface area contributed by atoms with Crippen molar-refractivity contribution in [2.75, 3.05) is 44.3 Å². The predicted octanol–water partition coefficient (Wildman–Crippen LogP) is 0.136. The number of likely N-dealkylation sites (tertiary alicyclic amines) is 1. The molecule has 7 nitrogen and oxygen atoms in total. The van der Waals surface area contributed by atoms with Gasteiger partial charge >= 0.3 is 0 Å². The van der Waals surface area contributed by atoms with Crippen LogP contribution < -0.4 is 5.32 Å². The van der Waals surface area contributed by atoms with Crippen molar-refractivity contribution in [2.24, 2.45) is 18.9 Å². The first kappa shape index (κ1) is 18.4. The van der Waals surface area contributed by atoms with Gasteiger partial charge in [0.05, 0.1) is 18.5 Å². The van der Waals surface area contributed by atoms with E-state index in [0.29, 0.717) is 31.3 Å². The number of hydrogen-bond donors (Lipinski definition) is 1. The highest BCUT2D eigenvalue weighted by molar-refractivity contribution is 7.91. The second-order valence-electron chi connectivity index (χ2n) is 7.01. The summed E-state index contributed by atoms with van der Waals surface area (Å²) in [5.74, 6) is 0.968. The molecule has 2 aliphatic rings. The zero-order valence-electron chi connectivity index (χ0n) is 14.8. The monoisotopic (exact) mass is 369 g/mol. The number of ether oxygens (including phenoxy) is 1. The van der Waals surface area contributed by atoms with E-state index in [1.165, 1.54) is 0 Å². The molecule has 2 aliphatic heterocycles. The first-order valence-electron chi connectivity index (χ1n) is 8.83. The summed E-state index contributed by atoms with van der Waals surface area (Å²) >= 11 is 0. The molecular formula is C17H27N3O4S. The molecule has 2 saturated heterocycles. The van der Waals surface area contributed by atoms with E-state index < -0.39 is 9.84 Å². The quantitative estimate of drug-likeness (QED) is 0.739. The van der Waals surface area contributed by atoms with E-state index in [2.05, 4.69) is 10.2 Å². The van der Waals surface area contributed by atoms with Crippen LogP contribution in [0.15, 0.2) is 18.3 Å². The number of aromatic nitrogens is 1. The van der Waals surface area contributed by atoms with Crippen LogP contribution in [0.1, 0.15) is 17.4 Å². The van der Waals surface area contributed by atoms with Gasteiger partial charge in [-0.05, 0) is 12.1 Å². The van der Waals surface area contributed by atoms with Crippen LogP contribution in [0, 0.1) is 11.8 Å². The van der Waals surface area contributed by atoms with Crippen molar-refractivity contribution in [1.82, 2.24) is 14.8 Å². The largest absolute Gasteiger partial charge is 0.376 e. The number of nitrogens with one attached hydrogen (secondary N) is 1. The second kappa shape index (κ2) is 7.47. The number of amides is 1. The smallest absolute Gasteiger partial charge is 0.267 e. The molecule has 1 aromatic heterocycles. The Morgan fingerprint density at radius 2 is 2.20 bits per heavy atom. The third-order valence-electron chi connectivity index (χ3n) is 5.37. The van der Waals surface area contributed by atoms with E-state index in [1.807, 2.05) is 19.3 Å². The molecule has 0 aromatic carbocycles. The van der Waals surface area contributed by atoms with Gasteiger partial charge < -0.3 is 14.6 Å². The Kier molecular flexibility index (Phi) is 5.50. The van der Waals surface area contributed by atoms with Gasteiger partial charge in [-0.1, -0.05) is 6.92 Å². The van der Waals surface area contributed by atoms with Crippen LogP contribution in [0.4, 0.5) is 0 Å². The number of fused-ring (bicyclic) bond motifs is 1. The lowest BCUT2D eigenvalue weighted by molar-refractivity contribution is 0.0908. The fourth-order valence-electron chi connectivity index (χ4n) is 3.70. The summed E-state index contributed by atoms with van der Waals surface area (Å²) in [6.45, 7) is 5.12. The zero-order chi connectivity index (χ0) is 18.0. The Bertz CT molecular complexity index is 715. The van der Waals surface area contributed by atoms with Gasteiger partial charge in [-0.25, -0.2) is 8.42 Å². The van der Waals surface area contributed by atoms with E-state index >= 15 is 0 Å². The van der Waals surface area contributed by atoms with Crippen LogP contribution in [0.5, 0.6) is 0 Å². The van der Waals surface area contributed by atoms with E-state index in [9.17, 15) is 13.2 Å². The Hall–Kier alpha value is -1.38. The maximum Gasteiger partial charge on any atom is 0.267 e. The van der Waals surface area contributed by atoms with E-state index in [4.69, 9.17) is 4.74 Å². The Morgan fingerprint density at radius 1 is 1.40 bits per heavy atom. The van der Waals surface area contributed by atoms with Crippen LogP contribution in [-0.2, 0) is 21.6 Å². The average Bonchev–Trinajstić information content (AvgIpc) is 3.26. The molecule has 1 amide bonds. The van der Waals surface area contributed by atoms with Crippen molar-refractivity contribution in [3.8, 4) is 0 Å². The summed E-state index contributed by atoms with van der Waals surface area (Å²) in [5, 5.41) is 3.01. The minimum atomic E-state index is -2.94. The number of carbonyl (C=O) groups is 1. The number of rotatable bonds is 7. The minimum Gasteiger partial charge on any atom is -0.376 e. The molecule has 2 fully saturated rings. The Morgan fingerprint density at radius 3 is 2.88 bits per heavy atom. The number of sulfone groups is 1. The number of aryl methyl sites for hydroxylation is 1. The lowest BCUT2D eigenvalue weighted by Gasteiger charge is -2.19. The molecule has 3 atom stereocenters. The molecule has 25 heavy (non-hydrogen) atoms. The molecule has 8 heteroatoms. The zero-order valence-corrected chi connectivity index (χ0v) is 15.7. The number of nitrogens with zero attached hydrogens (tertiary/aromatic N) is 2. The first-order valence-corrected chi connectivity index (χ1v) is 10.7. The van der Waals surface area contributed by atoms with Crippen LogP contribution in [0.3, 0.4) is 0 Å². The lowest BCUT2D eigenvalue weighted by atomic mass is 9.93. The third kappa shape index (κ3) is 4.24. The summed E-state index contributed by atoms with van der Waals surface area (Å²) < 4.78 is 31.0. The molecule has 0 saturated carbocycles. The van der Waals surface area contributed by atoms with Crippen molar-refractivity contribution in [3.63, 3.8) is 0 Å². The van der Waals surface area contributed by atoms with Crippen LogP contribution in [0.25, 0.3) is 0 Å². The normalized spacial score (nSPS) is 26.7. The van der Waals surface area contributed by atoms with Gasteiger partial charge in [-0.2, -0.15) is 0 Å². The number of hydrogen-bond acceptors (Lipinski definition) is 5. The van der Waals surface area contributed by atoms with Crippen LogP contribution in [-0.4, -0.2) is 74.2 Å². The van der Waals surface area contributed by atoms with Crippen molar-refractivity contribution >= 4 is 15.7 Å². The topological polar surface area (TPSA) is 80.6 Å². The van der Waals surface area contributed by atoms with Gasteiger partial charge in [0.2, 0.25) is 0 Å². The first-order chi connectivity index (χ1) is 11.9. The molecule has 3 rings (SSSR count). The lowest BCUT2D eigenvalue weighted by Crippen LogP contribution is -2.35. The molecule has 0 spiro atoms. The van der Waals surface area contributed by atoms with Crippen molar-refractivity contribution in [1.29, 1.82) is 0 Å². The van der Waals surface area contributed by atoms with Crippen LogP contribution >= 0.6 is 0 Å². The maximum atomic E-state index is 12.2. The maximum absolute atomic E-state index is 12.2. The van der Waals surface area contributed by atoms with Gasteiger partial charge in [-0.15, -0.1) is 0 Å². The second-order valence-corrected chi connectivity index (χ2v) is 9.48. The predicted molar refractivity (Wildman–Crippen MR) is 95.2 cm³/mol. The average molecular weight is 369 g/mol. The summed E-state index contributed by atoms with van der Waals surface area (Å²) in [6.07, 6.45) is 2.00. The van der Waals surface area contributed by atoms with E-state index in [-0.39, 0.29) is 29.4 Å². The standard InChI is InChI=1S/C17H27N3O4S/c1-3-25(22,23)8-7-20-10-14-13(12-24-16(14)11-20)9-18-17(21)15-5-4-6-19(15)2/h4-6,13-14,16H,3,7-12H2,1-2H3,(H,18,21)/t13-,14-,16-/m1/s1. The minimum absolute atomic E-state index is 0.0696. The summed E-state index contributed by atoms with van der Waals surface area (Å²) in [4.78, 5) is 14.4. The molecule has 3 heterocycles. The Balaban J connectivity index is 1.49. The highest BCUT2D eigenvalue weighted by atomic mass is 32.2. The molecule has 0 aliphatic carbocycles. The SMILES string of the molecule is CCS(=O)(=O)CCN1C[C@@H]2[C@H](CNC(=O)c3cccn3C)CO[C@@H]2C1. The van der Waals surface area contributed by atoms with Gasteiger partial charge in [0.25, 0.3) is 5.91 Å². The van der Waals surface area contributed by atoms with Gasteiger partial charge in [0.15, 0.2) is 9.84 Å². The van der Waals surface area contributed by atoms with E-state index in [0.717, 1.165) is 13.1 Å². The van der Waals surface area contributed by atoms with Gasteiger partial charge in [-0.3, -0.25) is 9.69 Å². The molecule has 1 aromatic rings. The Labute approximate surface area is 149 Å². The molecule has 0 radical (unpaired) electrons. The van der Waals surface area contributed by atoms with Gasteiger partial charge in [0, 0.05) is 57.0 Å².